The van der Waals surface area contributed by atoms with Crippen LogP contribution >= 0.6 is 31.9 Å². The SMILES string of the molecule is CCC(C)(N)C(=O)Nc1cc(OC)c(Br)cc1Br. The number of methoxy groups -OCH3 is 1. The third-order valence-corrected chi connectivity index (χ3v) is 4.02. The van der Waals surface area contributed by atoms with Gasteiger partial charge in [0.2, 0.25) is 5.91 Å². The molecule has 1 aromatic rings. The third-order valence-electron chi connectivity index (χ3n) is 2.74. The Kier molecular flexibility index (Phi) is 5.19. The number of nitrogens with two attached hydrogens (primary N) is 1. The van der Waals surface area contributed by atoms with Crippen molar-refractivity contribution in [3.63, 3.8) is 0 Å². The van der Waals surface area contributed by atoms with Gasteiger partial charge in [-0.25, -0.2) is 0 Å². The van der Waals surface area contributed by atoms with E-state index in [0.717, 1.165) is 8.95 Å². The van der Waals surface area contributed by atoms with Gasteiger partial charge >= 0.3 is 0 Å². The predicted molar refractivity (Wildman–Crippen MR) is 79.9 cm³/mol. The van der Waals surface area contributed by atoms with Crippen molar-refractivity contribution >= 4 is 43.5 Å². The van der Waals surface area contributed by atoms with Crippen molar-refractivity contribution in [1.82, 2.24) is 0 Å². The quantitative estimate of drug-likeness (QED) is 0.843. The molecule has 0 heterocycles. The fourth-order valence-electron chi connectivity index (χ4n) is 1.21. The summed E-state index contributed by atoms with van der Waals surface area (Å²) >= 11 is 6.75. The molecule has 6 heteroatoms. The number of hydrogen-bond acceptors (Lipinski definition) is 3. The summed E-state index contributed by atoms with van der Waals surface area (Å²) in [7, 11) is 1.57. The highest BCUT2D eigenvalue weighted by atomic mass is 79.9. The lowest BCUT2D eigenvalue weighted by Gasteiger charge is -2.22. The van der Waals surface area contributed by atoms with Crippen LogP contribution in [0.15, 0.2) is 21.1 Å². The highest BCUT2D eigenvalue weighted by Gasteiger charge is 2.26. The molecule has 0 bridgehead atoms. The van der Waals surface area contributed by atoms with Crippen molar-refractivity contribution < 1.29 is 9.53 Å². The summed E-state index contributed by atoms with van der Waals surface area (Å²) in [6, 6.07) is 3.55. The fraction of sp³-hybridized carbons (Fsp3) is 0.417. The van der Waals surface area contributed by atoms with Crippen LogP contribution in [0.25, 0.3) is 0 Å². The molecule has 0 spiro atoms. The van der Waals surface area contributed by atoms with E-state index in [1.165, 1.54) is 0 Å². The highest BCUT2D eigenvalue weighted by molar-refractivity contribution is 9.11. The molecule has 0 aliphatic carbocycles. The molecule has 100 valence electrons. The zero-order valence-electron chi connectivity index (χ0n) is 10.5. The van der Waals surface area contributed by atoms with Crippen LogP contribution in [-0.2, 0) is 4.79 Å². The average Bonchev–Trinajstić information content (AvgIpc) is 2.32. The predicted octanol–water partition coefficient (Wildman–Crippen LogP) is 3.29. The molecule has 1 rings (SSSR count). The van der Waals surface area contributed by atoms with Gasteiger partial charge in [0.05, 0.1) is 22.8 Å². The van der Waals surface area contributed by atoms with E-state index in [1.54, 1.807) is 20.1 Å². The minimum absolute atomic E-state index is 0.227. The molecule has 4 nitrogen and oxygen atoms in total. The first-order chi connectivity index (χ1) is 8.31. The third kappa shape index (κ3) is 3.46. The lowest BCUT2D eigenvalue weighted by molar-refractivity contribution is -0.120. The van der Waals surface area contributed by atoms with Gasteiger partial charge in [-0.2, -0.15) is 0 Å². The Balaban J connectivity index is 3.01. The number of amides is 1. The van der Waals surface area contributed by atoms with Crippen LogP contribution in [-0.4, -0.2) is 18.6 Å². The number of nitrogens with one attached hydrogen (secondary N) is 1. The molecule has 1 atom stereocenters. The van der Waals surface area contributed by atoms with Crippen LogP contribution in [0.4, 0.5) is 5.69 Å². The molecular formula is C12H16Br2N2O2. The number of benzene rings is 1. The topological polar surface area (TPSA) is 64.4 Å². The average molecular weight is 380 g/mol. The number of halogens is 2. The molecule has 0 radical (unpaired) electrons. The number of rotatable bonds is 4. The second-order valence-corrected chi connectivity index (χ2v) is 5.90. The van der Waals surface area contributed by atoms with Gasteiger partial charge in [-0.05, 0) is 51.3 Å². The summed E-state index contributed by atoms with van der Waals surface area (Å²) in [6.07, 6.45) is 0.560. The number of anilines is 1. The first-order valence-electron chi connectivity index (χ1n) is 5.45. The first-order valence-corrected chi connectivity index (χ1v) is 7.03. The smallest absolute Gasteiger partial charge is 0.244 e. The van der Waals surface area contributed by atoms with Gasteiger partial charge in [-0.15, -0.1) is 0 Å². The Morgan fingerprint density at radius 2 is 2.06 bits per heavy atom. The number of carbonyl (C=O) groups is 1. The van der Waals surface area contributed by atoms with Gasteiger partial charge < -0.3 is 15.8 Å². The van der Waals surface area contributed by atoms with Crippen molar-refractivity contribution in [2.45, 2.75) is 25.8 Å². The van der Waals surface area contributed by atoms with E-state index in [2.05, 4.69) is 37.2 Å². The molecule has 1 amide bonds. The maximum atomic E-state index is 12.0. The summed E-state index contributed by atoms with van der Waals surface area (Å²) in [4.78, 5) is 12.0. The van der Waals surface area contributed by atoms with Gasteiger partial charge in [0, 0.05) is 10.5 Å². The summed E-state index contributed by atoms with van der Waals surface area (Å²) in [5.41, 5.74) is 5.63. The molecule has 0 aromatic heterocycles. The number of ether oxygens (including phenoxy) is 1. The molecule has 0 fully saturated rings. The van der Waals surface area contributed by atoms with Crippen LogP contribution in [0, 0.1) is 0 Å². The van der Waals surface area contributed by atoms with E-state index in [1.807, 2.05) is 13.0 Å². The highest BCUT2D eigenvalue weighted by Crippen LogP contribution is 2.34. The lowest BCUT2D eigenvalue weighted by atomic mass is 9.99. The van der Waals surface area contributed by atoms with Crippen LogP contribution in [0.3, 0.4) is 0 Å². The Bertz CT molecular complexity index is 462. The van der Waals surface area contributed by atoms with Crippen molar-refractivity contribution in [3.8, 4) is 5.75 Å². The van der Waals surface area contributed by atoms with Crippen molar-refractivity contribution in [2.24, 2.45) is 5.73 Å². The molecule has 0 aliphatic heterocycles. The van der Waals surface area contributed by atoms with Gasteiger partial charge in [0.15, 0.2) is 0 Å². The zero-order chi connectivity index (χ0) is 13.9. The van der Waals surface area contributed by atoms with E-state index in [9.17, 15) is 4.79 Å². The van der Waals surface area contributed by atoms with E-state index < -0.39 is 5.54 Å². The first kappa shape index (κ1) is 15.5. The maximum Gasteiger partial charge on any atom is 0.244 e. The summed E-state index contributed by atoms with van der Waals surface area (Å²) in [5, 5.41) is 2.79. The van der Waals surface area contributed by atoms with Crippen LogP contribution in [0.5, 0.6) is 5.75 Å². The minimum Gasteiger partial charge on any atom is -0.495 e. The van der Waals surface area contributed by atoms with Crippen LogP contribution in [0.1, 0.15) is 20.3 Å². The van der Waals surface area contributed by atoms with Gasteiger partial charge in [-0.1, -0.05) is 6.92 Å². The molecule has 0 saturated carbocycles. The van der Waals surface area contributed by atoms with E-state index in [4.69, 9.17) is 10.5 Å². The molecule has 1 aromatic carbocycles. The Labute approximate surface area is 124 Å². The largest absolute Gasteiger partial charge is 0.495 e. The summed E-state index contributed by atoms with van der Waals surface area (Å²) in [5.74, 6) is 0.416. The van der Waals surface area contributed by atoms with Crippen molar-refractivity contribution in [2.75, 3.05) is 12.4 Å². The van der Waals surface area contributed by atoms with Gasteiger partial charge in [-0.3, -0.25) is 4.79 Å². The second-order valence-electron chi connectivity index (χ2n) is 4.19. The molecule has 18 heavy (non-hydrogen) atoms. The summed E-state index contributed by atoms with van der Waals surface area (Å²) in [6.45, 7) is 3.57. The Morgan fingerprint density at radius 3 is 2.56 bits per heavy atom. The molecule has 0 aliphatic rings. The standard InChI is InChI=1S/C12H16Br2N2O2/c1-4-12(2,15)11(17)16-9-6-10(18-3)8(14)5-7(9)13/h5-6H,4,15H2,1-3H3,(H,16,17). The van der Waals surface area contributed by atoms with Crippen molar-refractivity contribution in [3.05, 3.63) is 21.1 Å². The summed E-state index contributed by atoms with van der Waals surface area (Å²) < 4.78 is 6.75. The molecular weight excluding hydrogens is 364 g/mol. The van der Waals surface area contributed by atoms with Gasteiger partial charge in [0.25, 0.3) is 0 Å². The van der Waals surface area contributed by atoms with E-state index in [0.29, 0.717) is 17.9 Å². The number of hydrogen-bond donors (Lipinski definition) is 2. The fourth-order valence-corrected chi connectivity index (χ4v) is 2.46. The van der Waals surface area contributed by atoms with E-state index >= 15 is 0 Å². The zero-order valence-corrected chi connectivity index (χ0v) is 13.7. The Hall–Kier alpha value is -0.590. The number of carbonyl (C=O) groups excluding carboxylic acids is 1. The normalized spacial score (nSPS) is 13.9. The maximum absolute atomic E-state index is 12.0. The lowest BCUT2D eigenvalue weighted by Crippen LogP contribution is -2.47. The molecule has 0 saturated heterocycles. The Morgan fingerprint density at radius 1 is 1.44 bits per heavy atom. The second kappa shape index (κ2) is 6.04. The minimum atomic E-state index is -0.889. The monoisotopic (exact) mass is 378 g/mol. The molecule has 1 unspecified atom stereocenters. The molecule has 3 N–H and O–H groups in total. The van der Waals surface area contributed by atoms with Gasteiger partial charge in [0.1, 0.15) is 5.75 Å². The van der Waals surface area contributed by atoms with Crippen LogP contribution in [0.2, 0.25) is 0 Å². The van der Waals surface area contributed by atoms with Crippen molar-refractivity contribution in [1.29, 1.82) is 0 Å². The van der Waals surface area contributed by atoms with E-state index in [-0.39, 0.29) is 5.91 Å². The van der Waals surface area contributed by atoms with Crippen LogP contribution < -0.4 is 15.8 Å².